The molecular weight excluding hydrogens is 233 g/mol. The first-order chi connectivity index (χ1) is 7.88. The van der Waals surface area contributed by atoms with E-state index in [1.165, 1.54) is 6.07 Å². The number of nitrogens with one attached hydrogen (secondary N) is 1. The number of halogens is 3. The Balaban J connectivity index is 3.48. The largest absolute Gasteiger partial charge is 0.405 e. The van der Waals surface area contributed by atoms with Gasteiger partial charge in [0.05, 0.1) is 6.07 Å². The van der Waals surface area contributed by atoms with Crippen molar-refractivity contribution in [3.63, 3.8) is 0 Å². The average molecular weight is 252 g/mol. The minimum Gasteiger partial charge on any atom is -0.381 e. The molecule has 0 saturated carbocycles. The Bertz CT molecular complexity index is 236. The summed E-state index contributed by atoms with van der Waals surface area (Å²) in [5.41, 5.74) is 0. The van der Waals surface area contributed by atoms with E-state index in [0.717, 1.165) is 0 Å². The maximum absolute atomic E-state index is 12.2. The maximum Gasteiger partial charge on any atom is 0.405 e. The van der Waals surface area contributed by atoms with Crippen LogP contribution in [-0.2, 0) is 4.74 Å². The van der Waals surface area contributed by atoms with E-state index in [1.54, 1.807) is 0 Å². The van der Waals surface area contributed by atoms with Gasteiger partial charge in [-0.05, 0) is 18.9 Å². The first kappa shape index (κ1) is 16.2. The van der Waals surface area contributed by atoms with Crippen molar-refractivity contribution in [2.75, 3.05) is 26.3 Å². The van der Waals surface area contributed by atoms with Crippen molar-refractivity contribution in [1.82, 2.24) is 5.32 Å². The smallest absolute Gasteiger partial charge is 0.381 e. The zero-order chi connectivity index (χ0) is 13.3. The van der Waals surface area contributed by atoms with Crippen LogP contribution in [-0.4, -0.2) is 32.5 Å². The van der Waals surface area contributed by atoms with Crippen LogP contribution in [0, 0.1) is 23.2 Å². The lowest BCUT2D eigenvalue weighted by atomic mass is 10.1. The Morgan fingerprint density at radius 1 is 1.35 bits per heavy atom. The van der Waals surface area contributed by atoms with Crippen LogP contribution in [0.25, 0.3) is 0 Å². The Kier molecular flexibility index (Phi) is 7.92. The van der Waals surface area contributed by atoms with Gasteiger partial charge in [0, 0.05) is 19.8 Å². The molecule has 17 heavy (non-hydrogen) atoms. The quantitative estimate of drug-likeness (QED) is 0.674. The van der Waals surface area contributed by atoms with E-state index in [2.05, 4.69) is 5.32 Å². The minimum atomic E-state index is -4.45. The molecule has 0 saturated heterocycles. The molecule has 0 amide bonds. The molecule has 3 nitrogen and oxygen atoms in total. The standard InChI is InChI=1S/C11H19F3N2O/c1-9(2)8-17-5-3-4-16-7-10(6-15)11(12,13)14/h9-10,16H,3-5,7-8H2,1-2H3. The number of nitriles is 1. The Labute approximate surface area is 99.9 Å². The van der Waals surface area contributed by atoms with Gasteiger partial charge < -0.3 is 10.1 Å². The van der Waals surface area contributed by atoms with Crippen LogP contribution in [0.15, 0.2) is 0 Å². The third-order valence-electron chi connectivity index (χ3n) is 1.99. The summed E-state index contributed by atoms with van der Waals surface area (Å²) in [5.74, 6) is -1.48. The third-order valence-corrected chi connectivity index (χ3v) is 1.99. The van der Waals surface area contributed by atoms with Crippen molar-refractivity contribution in [2.45, 2.75) is 26.4 Å². The molecule has 1 atom stereocenters. The summed E-state index contributed by atoms with van der Waals surface area (Å²) in [6.45, 7) is 5.30. The number of rotatable bonds is 8. The van der Waals surface area contributed by atoms with E-state index in [1.807, 2.05) is 13.8 Å². The summed E-state index contributed by atoms with van der Waals surface area (Å²) in [7, 11) is 0. The molecule has 0 aliphatic carbocycles. The summed E-state index contributed by atoms with van der Waals surface area (Å²) in [6, 6.07) is 1.24. The van der Waals surface area contributed by atoms with Crippen LogP contribution >= 0.6 is 0 Å². The summed E-state index contributed by atoms with van der Waals surface area (Å²) in [5, 5.41) is 10.9. The van der Waals surface area contributed by atoms with Gasteiger partial charge in [-0.25, -0.2) is 0 Å². The molecule has 0 fully saturated rings. The molecule has 1 N–H and O–H groups in total. The SMILES string of the molecule is CC(C)COCCCNCC(C#N)C(F)(F)F. The van der Waals surface area contributed by atoms with Gasteiger partial charge in [0.1, 0.15) is 0 Å². The summed E-state index contributed by atoms with van der Waals surface area (Å²) in [6.07, 6.45) is -3.81. The van der Waals surface area contributed by atoms with Gasteiger partial charge >= 0.3 is 6.18 Å². The highest BCUT2D eigenvalue weighted by atomic mass is 19.4. The Morgan fingerprint density at radius 3 is 2.47 bits per heavy atom. The lowest BCUT2D eigenvalue weighted by Crippen LogP contribution is -2.33. The highest BCUT2D eigenvalue weighted by molar-refractivity contribution is 4.89. The lowest BCUT2D eigenvalue weighted by Gasteiger charge is -2.13. The van der Waals surface area contributed by atoms with Gasteiger partial charge in [-0.2, -0.15) is 18.4 Å². The first-order valence-electron chi connectivity index (χ1n) is 5.62. The predicted molar refractivity (Wildman–Crippen MR) is 58.3 cm³/mol. The molecule has 0 heterocycles. The van der Waals surface area contributed by atoms with Crippen LogP contribution in [0.2, 0.25) is 0 Å². The van der Waals surface area contributed by atoms with Crippen LogP contribution in [0.3, 0.4) is 0 Å². The Morgan fingerprint density at radius 2 is 2.00 bits per heavy atom. The summed E-state index contributed by atoms with van der Waals surface area (Å²) < 4.78 is 41.7. The first-order valence-corrected chi connectivity index (χ1v) is 5.62. The number of nitrogens with zero attached hydrogens (tertiary/aromatic N) is 1. The van der Waals surface area contributed by atoms with E-state index in [4.69, 9.17) is 10.00 Å². The van der Waals surface area contributed by atoms with Crippen LogP contribution in [0.4, 0.5) is 13.2 Å². The van der Waals surface area contributed by atoms with Crippen molar-refractivity contribution in [3.05, 3.63) is 0 Å². The molecule has 0 radical (unpaired) electrons. The van der Waals surface area contributed by atoms with E-state index in [9.17, 15) is 13.2 Å². The zero-order valence-electron chi connectivity index (χ0n) is 10.2. The van der Waals surface area contributed by atoms with Gasteiger partial charge in [0.15, 0.2) is 5.92 Å². The number of alkyl halides is 3. The highest BCUT2D eigenvalue weighted by Crippen LogP contribution is 2.24. The van der Waals surface area contributed by atoms with Gasteiger partial charge in [-0.3, -0.25) is 0 Å². The van der Waals surface area contributed by atoms with Crippen molar-refractivity contribution >= 4 is 0 Å². The fourth-order valence-corrected chi connectivity index (χ4v) is 1.10. The minimum absolute atomic E-state index is 0.357. The van der Waals surface area contributed by atoms with E-state index in [-0.39, 0.29) is 6.54 Å². The Hall–Kier alpha value is -0.800. The molecule has 0 spiro atoms. The van der Waals surface area contributed by atoms with Gasteiger partial charge in [0.25, 0.3) is 0 Å². The van der Waals surface area contributed by atoms with Crippen molar-refractivity contribution in [3.8, 4) is 6.07 Å². The second-order valence-corrected chi connectivity index (χ2v) is 4.25. The van der Waals surface area contributed by atoms with Gasteiger partial charge in [-0.15, -0.1) is 0 Å². The monoisotopic (exact) mass is 252 g/mol. The van der Waals surface area contributed by atoms with Crippen molar-refractivity contribution in [2.24, 2.45) is 11.8 Å². The average Bonchev–Trinajstić information content (AvgIpc) is 2.19. The number of ether oxygens (including phenoxy) is 1. The van der Waals surface area contributed by atoms with E-state index < -0.39 is 12.1 Å². The van der Waals surface area contributed by atoms with E-state index in [0.29, 0.717) is 32.1 Å². The maximum atomic E-state index is 12.2. The van der Waals surface area contributed by atoms with Crippen LogP contribution in [0.5, 0.6) is 0 Å². The molecular formula is C11H19F3N2O. The highest BCUT2D eigenvalue weighted by Gasteiger charge is 2.39. The molecule has 0 aliphatic rings. The second-order valence-electron chi connectivity index (χ2n) is 4.25. The molecule has 0 aliphatic heterocycles. The third kappa shape index (κ3) is 8.95. The molecule has 0 aromatic rings. The van der Waals surface area contributed by atoms with E-state index >= 15 is 0 Å². The van der Waals surface area contributed by atoms with Gasteiger partial charge in [-0.1, -0.05) is 13.8 Å². The number of hydrogen-bond donors (Lipinski definition) is 1. The van der Waals surface area contributed by atoms with Gasteiger partial charge in [0.2, 0.25) is 0 Å². The summed E-state index contributed by atoms with van der Waals surface area (Å²) >= 11 is 0. The molecule has 0 aromatic carbocycles. The fraction of sp³-hybridized carbons (Fsp3) is 0.909. The topological polar surface area (TPSA) is 45.0 Å². The zero-order valence-corrected chi connectivity index (χ0v) is 10.2. The predicted octanol–water partition coefficient (Wildman–Crippen LogP) is 2.34. The lowest BCUT2D eigenvalue weighted by molar-refractivity contribution is -0.157. The molecule has 6 heteroatoms. The molecule has 1 unspecified atom stereocenters. The second kappa shape index (κ2) is 8.31. The van der Waals surface area contributed by atoms with Crippen molar-refractivity contribution < 1.29 is 17.9 Å². The molecule has 0 aromatic heterocycles. The molecule has 0 bridgehead atoms. The summed E-state index contributed by atoms with van der Waals surface area (Å²) in [4.78, 5) is 0. The normalized spacial score (nSPS) is 13.7. The van der Waals surface area contributed by atoms with Crippen molar-refractivity contribution in [1.29, 1.82) is 5.26 Å². The molecule has 0 rings (SSSR count). The van der Waals surface area contributed by atoms with Crippen LogP contribution < -0.4 is 5.32 Å². The van der Waals surface area contributed by atoms with Crippen LogP contribution in [0.1, 0.15) is 20.3 Å². The fourth-order valence-electron chi connectivity index (χ4n) is 1.10. The number of hydrogen-bond acceptors (Lipinski definition) is 3. The molecule has 100 valence electrons.